The molecular formula is C18H26OSn. The van der Waals surface area contributed by atoms with E-state index in [0.29, 0.717) is 0 Å². The van der Waals surface area contributed by atoms with Gasteiger partial charge in [0.05, 0.1) is 0 Å². The number of allylic oxidation sites excluding steroid dienone is 6. The van der Waals surface area contributed by atoms with Gasteiger partial charge in [-0.25, -0.2) is 0 Å². The normalized spacial score (nSPS) is 15.2. The summed E-state index contributed by atoms with van der Waals surface area (Å²) in [7, 11) is 0. The first kappa shape index (κ1) is 17.1. The first-order chi connectivity index (χ1) is 9.76. The molecule has 0 spiro atoms. The van der Waals surface area contributed by atoms with Crippen LogP contribution in [0.1, 0.15) is 20.8 Å². The molecule has 20 heavy (non-hydrogen) atoms. The van der Waals surface area contributed by atoms with E-state index < -0.39 is 18.8 Å². The molecular weight excluding hydrogens is 351 g/mol. The maximum absolute atomic E-state index is 6.56. The van der Waals surface area contributed by atoms with Crippen molar-refractivity contribution in [2.24, 2.45) is 0 Å². The Balaban J connectivity index is 2.98. The summed E-state index contributed by atoms with van der Waals surface area (Å²) in [6.45, 7) is 6.26. The Bertz CT molecular complexity index is 410. The number of benzene rings is 1. The summed E-state index contributed by atoms with van der Waals surface area (Å²) in [5.74, 6) is 1.03. The molecule has 1 aromatic rings. The van der Waals surface area contributed by atoms with Crippen LogP contribution in [0.2, 0.25) is 13.3 Å². The molecule has 0 unspecified atom stereocenters. The monoisotopic (exact) mass is 378 g/mol. The summed E-state index contributed by atoms with van der Waals surface area (Å²) in [5.41, 5.74) is 0. The molecule has 1 aromatic carbocycles. The number of hydrogen-bond acceptors (Lipinski definition) is 1. The van der Waals surface area contributed by atoms with E-state index in [9.17, 15) is 0 Å². The SMILES string of the molecule is CC=C[CH2][Sn]([CH2]C=CC)([CH2]C=CC)[O]c1ccccc1. The van der Waals surface area contributed by atoms with Crippen LogP contribution in [0.25, 0.3) is 0 Å². The van der Waals surface area contributed by atoms with Crippen molar-refractivity contribution in [1.29, 1.82) is 0 Å². The van der Waals surface area contributed by atoms with Crippen LogP contribution in [0.4, 0.5) is 0 Å². The summed E-state index contributed by atoms with van der Waals surface area (Å²) >= 11 is -2.71. The zero-order valence-electron chi connectivity index (χ0n) is 12.9. The van der Waals surface area contributed by atoms with Crippen LogP contribution >= 0.6 is 0 Å². The third-order valence-corrected chi connectivity index (χ3v) is 13.6. The van der Waals surface area contributed by atoms with Gasteiger partial charge in [0.1, 0.15) is 0 Å². The fourth-order valence-electron chi connectivity index (χ4n) is 2.11. The summed E-state index contributed by atoms with van der Waals surface area (Å²) in [6, 6.07) is 10.3. The molecule has 108 valence electrons. The van der Waals surface area contributed by atoms with Gasteiger partial charge < -0.3 is 0 Å². The van der Waals surface area contributed by atoms with E-state index in [1.54, 1.807) is 0 Å². The van der Waals surface area contributed by atoms with Gasteiger partial charge >= 0.3 is 128 Å². The summed E-state index contributed by atoms with van der Waals surface area (Å²) in [6.07, 6.45) is 13.3. The second-order valence-corrected chi connectivity index (χ2v) is 15.7. The van der Waals surface area contributed by atoms with Crippen molar-refractivity contribution < 1.29 is 3.07 Å². The zero-order chi connectivity index (χ0) is 14.7. The molecule has 0 heterocycles. The van der Waals surface area contributed by atoms with Gasteiger partial charge in [0, 0.05) is 0 Å². The van der Waals surface area contributed by atoms with Crippen LogP contribution < -0.4 is 3.07 Å². The van der Waals surface area contributed by atoms with Gasteiger partial charge in [-0.1, -0.05) is 0 Å². The molecule has 0 aliphatic rings. The molecule has 1 nitrogen and oxygen atoms in total. The average molecular weight is 377 g/mol. The third-order valence-electron chi connectivity index (χ3n) is 3.25. The van der Waals surface area contributed by atoms with E-state index in [0.717, 1.165) is 19.1 Å². The molecule has 2 heteroatoms. The quantitative estimate of drug-likeness (QED) is 0.415. The van der Waals surface area contributed by atoms with Crippen LogP contribution in [-0.4, -0.2) is 18.8 Å². The molecule has 0 aliphatic heterocycles. The van der Waals surface area contributed by atoms with Gasteiger partial charge in [-0.05, 0) is 0 Å². The molecule has 0 bridgehead atoms. The predicted molar refractivity (Wildman–Crippen MR) is 91.7 cm³/mol. The Hall–Kier alpha value is -0.961. The number of para-hydroxylation sites is 1. The van der Waals surface area contributed by atoms with Gasteiger partial charge in [-0.15, -0.1) is 0 Å². The first-order valence-corrected chi connectivity index (χ1v) is 14.6. The van der Waals surface area contributed by atoms with Crippen molar-refractivity contribution in [2.75, 3.05) is 0 Å². The second-order valence-electron chi connectivity index (χ2n) is 4.92. The van der Waals surface area contributed by atoms with Crippen molar-refractivity contribution in [3.63, 3.8) is 0 Å². The molecule has 0 aliphatic carbocycles. The molecule has 0 atom stereocenters. The summed E-state index contributed by atoms with van der Waals surface area (Å²) in [4.78, 5) is 0. The Morgan fingerprint density at radius 2 is 1.25 bits per heavy atom. The molecule has 1 rings (SSSR count). The van der Waals surface area contributed by atoms with E-state index in [-0.39, 0.29) is 0 Å². The van der Waals surface area contributed by atoms with E-state index in [1.807, 2.05) is 18.2 Å². The molecule has 0 saturated heterocycles. The minimum atomic E-state index is -2.71. The topological polar surface area (TPSA) is 9.23 Å². The van der Waals surface area contributed by atoms with E-state index in [1.165, 1.54) is 0 Å². The maximum atomic E-state index is 6.56. The van der Waals surface area contributed by atoms with Crippen molar-refractivity contribution in [1.82, 2.24) is 0 Å². The Kier molecular flexibility index (Phi) is 8.43. The molecule has 0 radical (unpaired) electrons. The number of rotatable bonds is 8. The van der Waals surface area contributed by atoms with Gasteiger partial charge in [-0.3, -0.25) is 0 Å². The predicted octanol–water partition coefficient (Wildman–Crippen LogP) is 5.74. The Morgan fingerprint density at radius 1 is 0.800 bits per heavy atom. The van der Waals surface area contributed by atoms with Crippen molar-refractivity contribution in [3.05, 3.63) is 66.8 Å². The molecule has 0 aromatic heterocycles. The standard InChI is InChI=1S/C6H6O.3C4H7.Sn/c7-6-4-2-1-3-5-6;3*1-3-4-2;/h1-5,7H;3*3-4H,1H2,2H3;/q;;;;+1/p-1. The number of hydrogen-bond donors (Lipinski definition) is 0. The van der Waals surface area contributed by atoms with Crippen LogP contribution in [0.3, 0.4) is 0 Å². The van der Waals surface area contributed by atoms with Crippen molar-refractivity contribution in [2.45, 2.75) is 34.1 Å². The van der Waals surface area contributed by atoms with E-state index in [4.69, 9.17) is 3.07 Å². The Morgan fingerprint density at radius 3 is 1.65 bits per heavy atom. The fraction of sp³-hybridized carbons (Fsp3) is 0.333. The van der Waals surface area contributed by atoms with Crippen LogP contribution in [0.15, 0.2) is 66.8 Å². The average Bonchev–Trinajstić information content (AvgIpc) is 2.49. The van der Waals surface area contributed by atoms with Crippen LogP contribution in [0.5, 0.6) is 5.75 Å². The van der Waals surface area contributed by atoms with Crippen LogP contribution in [0, 0.1) is 0 Å². The molecule has 0 N–H and O–H groups in total. The second kappa shape index (κ2) is 9.87. The van der Waals surface area contributed by atoms with Crippen molar-refractivity contribution >= 4 is 18.8 Å². The first-order valence-electron chi connectivity index (χ1n) is 7.34. The van der Waals surface area contributed by atoms with Gasteiger partial charge in [0.2, 0.25) is 0 Å². The summed E-state index contributed by atoms with van der Waals surface area (Å²) in [5, 5.41) is 0. The molecule has 0 fully saturated rings. The minimum absolute atomic E-state index is 1.03. The zero-order valence-corrected chi connectivity index (χ0v) is 15.7. The third kappa shape index (κ3) is 6.00. The Labute approximate surface area is 128 Å². The van der Waals surface area contributed by atoms with Gasteiger partial charge in [0.25, 0.3) is 0 Å². The van der Waals surface area contributed by atoms with E-state index >= 15 is 0 Å². The van der Waals surface area contributed by atoms with Gasteiger partial charge in [-0.2, -0.15) is 0 Å². The summed E-state index contributed by atoms with van der Waals surface area (Å²) < 4.78 is 9.92. The van der Waals surface area contributed by atoms with Gasteiger partial charge in [0.15, 0.2) is 0 Å². The molecule has 0 amide bonds. The molecule has 0 saturated carbocycles. The van der Waals surface area contributed by atoms with E-state index in [2.05, 4.69) is 69.4 Å². The van der Waals surface area contributed by atoms with Crippen LogP contribution in [-0.2, 0) is 0 Å². The fourth-order valence-corrected chi connectivity index (χ4v) is 11.8. The van der Waals surface area contributed by atoms with Crippen molar-refractivity contribution in [3.8, 4) is 5.75 Å².